The van der Waals surface area contributed by atoms with Crippen LogP contribution in [0.25, 0.3) is 0 Å². The highest BCUT2D eigenvalue weighted by Crippen LogP contribution is 2.52. The second kappa shape index (κ2) is 6.96. The number of ether oxygens (including phenoxy) is 1. The first-order valence-corrected chi connectivity index (χ1v) is 8.47. The third-order valence-corrected chi connectivity index (χ3v) is 5.56. The van der Waals surface area contributed by atoms with Crippen molar-refractivity contribution >= 4 is 11.9 Å². The van der Waals surface area contributed by atoms with E-state index >= 15 is 0 Å². The number of amides is 1. The fraction of sp³-hybridized carbons (Fsp3) is 0.875. The summed E-state index contributed by atoms with van der Waals surface area (Å²) in [6.07, 6.45) is 3.82. The van der Waals surface area contributed by atoms with Crippen molar-refractivity contribution < 1.29 is 19.4 Å². The van der Waals surface area contributed by atoms with Crippen LogP contribution in [-0.2, 0) is 14.3 Å². The molecule has 0 aromatic heterocycles. The first kappa shape index (κ1) is 15.7. The van der Waals surface area contributed by atoms with Crippen LogP contribution in [0.3, 0.4) is 0 Å². The third-order valence-electron chi connectivity index (χ3n) is 5.56. The van der Waals surface area contributed by atoms with E-state index in [-0.39, 0.29) is 23.7 Å². The van der Waals surface area contributed by atoms with Gasteiger partial charge in [-0.3, -0.25) is 14.5 Å². The highest BCUT2D eigenvalue weighted by molar-refractivity contribution is 5.86. The first-order chi connectivity index (χ1) is 10.7. The molecule has 6 heteroatoms. The van der Waals surface area contributed by atoms with E-state index in [0.717, 1.165) is 58.5 Å². The molecule has 2 saturated carbocycles. The van der Waals surface area contributed by atoms with Gasteiger partial charge in [0.15, 0.2) is 0 Å². The Bertz CT molecular complexity index is 422. The summed E-state index contributed by atoms with van der Waals surface area (Å²) >= 11 is 0. The molecule has 124 valence electrons. The standard InChI is InChI=1S/C16H26N2O4/c19-15(17-4-1-5-18-6-8-22-9-7-18)13-11-2-3-12(10-11)14(13)16(20)21/h11-14H,1-10H2,(H,17,19)(H,20,21)/t11-,12-,13+,14+/m0/s1. The van der Waals surface area contributed by atoms with Gasteiger partial charge in [-0.1, -0.05) is 0 Å². The lowest BCUT2D eigenvalue weighted by atomic mass is 9.78. The lowest BCUT2D eigenvalue weighted by Crippen LogP contribution is -2.42. The molecule has 2 aliphatic carbocycles. The van der Waals surface area contributed by atoms with Crippen molar-refractivity contribution in [2.75, 3.05) is 39.4 Å². The van der Waals surface area contributed by atoms with Gasteiger partial charge in [0.1, 0.15) is 0 Å². The van der Waals surface area contributed by atoms with Crippen molar-refractivity contribution in [1.82, 2.24) is 10.2 Å². The molecule has 4 atom stereocenters. The van der Waals surface area contributed by atoms with Crippen molar-refractivity contribution in [3.05, 3.63) is 0 Å². The fourth-order valence-corrected chi connectivity index (χ4v) is 4.48. The molecule has 2 N–H and O–H groups in total. The van der Waals surface area contributed by atoms with Crippen LogP contribution in [-0.4, -0.2) is 61.3 Å². The molecule has 1 amide bonds. The molecule has 0 spiro atoms. The Morgan fingerprint density at radius 2 is 1.82 bits per heavy atom. The highest BCUT2D eigenvalue weighted by atomic mass is 16.5. The number of carbonyl (C=O) groups is 2. The number of nitrogens with zero attached hydrogens (tertiary/aromatic N) is 1. The summed E-state index contributed by atoms with van der Waals surface area (Å²) < 4.78 is 5.31. The Labute approximate surface area is 131 Å². The molecule has 1 aliphatic heterocycles. The first-order valence-electron chi connectivity index (χ1n) is 8.47. The number of morpholine rings is 1. The lowest BCUT2D eigenvalue weighted by molar-refractivity contribution is -0.149. The van der Waals surface area contributed by atoms with Gasteiger partial charge in [0.05, 0.1) is 25.0 Å². The van der Waals surface area contributed by atoms with Crippen LogP contribution in [0.2, 0.25) is 0 Å². The predicted molar refractivity (Wildman–Crippen MR) is 80.3 cm³/mol. The van der Waals surface area contributed by atoms with E-state index < -0.39 is 11.9 Å². The highest BCUT2D eigenvalue weighted by Gasteiger charge is 2.53. The molecule has 0 aromatic carbocycles. The van der Waals surface area contributed by atoms with Gasteiger partial charge in [-0.25, -0.2) is 0 Å². The summed E-state index contributed by atoms with van der Waals surface area (Å²) in [7, 11) is 0. The minimum atomic E-state index is -0.791. The third kappa shape index (κ3) is 3.27. The maximum absolute atomic E-state index is 12.4. The Morgan fingerprint density at radius 1 is 1.14 bits per heavy atom. The van der Waals surface area contributed by atoms with E-state index in [0.29, 0.717) is 6.54 Å². The average Bonchev–Trinajstić information content (AvgIpc) is 3.13. The number of carboxylic acid groups (broad SMARTS) is 1. The summed E-state index contributed by atoms with van der Waals surface area (Å²) in [5.74, 6) is -1.10. The summed E-state index contributed by atoms with van der Waals surface area (Å²) in [4.78, 5) is 26.2. The van der Waals surface area contributed by atoms with Crippen molar-refractivity contribution in [2.45, 2.75) is 25.7 Å². The topological polar surface area (TPSA) is 78.9 Å². The molecular formula is C16H26N2O4. The molecule has 0 aromatic rings. The monoisotopic (exact) mass is 310 g/mol. The second-order valence-corrected chi connectivity index (χ2v) is 6.82. The number of fused-ring (bicyclic) bond motifs is 2. The number of hydrogen-bond donors (Lipinski definition) is 2. The zero-order valence-electron chi connectivity index (χ0n) is 13.0. The largest absolute Gasteiger partial charge is 0.481 e. The molecule has 1 saturated heterocycles. The number of carboxylic acids is 1. The Hall–Kier alpha value is -1.14. The van der Waals surface area contributed by atoms with Crippen molar-refractivity contribution in [3.63, 3.8) is 0 Å². The van der Waals surface area contributed by atoms with Crippen LogP contribution in [0.1, 0.15) is 25.7 Å². The Kier molecular flexibility index (Phi) is 4.98. The molecule has 1 heterocycles. The maximum atomic E-state index is 12.4. The Balaban J connectivity index is 1.42. The predicted octanol–water partition coefficient (Wildman–Crippen LogP) is 0.572. The number of hydrogen-bond acceptors (Lipinski definition) is 4. The lowest BCUT2D eigenvalue weighted by Gasteiger charge is -2.28. The van der Waals surface area contributed by atoms with Crippen LogP contribution in [0, 0.1) is 23.7 Å². The minimum Gasteiger partial charge on any atom is -0.481 e. The zero-order chi connectivity index (χ0) is 15.5. The molecule has 2 bridgehead atoms. The van der Waals surface area contributed by atoms with E-state index in [4.69, 9.17) is 4.74 Å². The number of nitrogens with one attached hydrogen (secondary N) is 1. The van der Waals surface area contributed by atoms with Gasteiger partial charge in [0.25, 0.3) is 0 Å². The van der Waals surface area contributed by atoms with Gasteiger partial charge in [-0.15, -0.1) is 0 Å². The van der Waals surface area contributed by atoms with E-state index in [1.165, 1.54) is 0 Å². The van der Waals surface area contributed by atoms with Crippen LogP contribution in [0.5, 0.6) is 0 Å². The van der Waals surface area contributed by atoms with E-state index in [2.05, 4.69) is 10.2 Å². The summed E-state index contributed by atoms with van der Waals surface area (Å²) in [5.41, 5.74) is 0. The number of aliphatic carboxylic acids is 1. The smallest absolute Gasteiger partial charge is 0.307 e. The molecule has 0 radical (unpaired) electrons. The minimum absolute atomic E-state index is 0.0402. The summed E-state index contributed by atoms with van der Waals surface area (Å²) in [6.45, 7) is 5.09. The van der Waals surface area contributed by atoms with Crippen LogP contribution < -0.4 is 5.32 Å². The number of rotatable bonds is 6. The maximum Gasteiger partial charge on any atom is 0.307 e. The SMILES string of the molecule is O=C(O)[C@@H]1[C@H]2CC[C@@H](C2)[C@H]1C(=O)NCCCN1CCOCC1. The summed E-state index contributed by atoms with van der Waals surface area (Å²) in [6, 6.07) is 0. The van der Waals surface area contributed by atoms with Crippen LogP contribution in [0.15, 0.2) is 0 Å². The van der Waals surface area contributed by atoms with Gasteiger partial charge in [-0.2, -0.15) is 0 Å². The fourth-order valence-electron chi connectivity index (χ4n) is 4.48. The van der Waals surface area contributed by atoms with Gasteiger partial charge in [-0.05, 0) is 44.1 Å². The van der Waals surface area contributed by atoms with Crippen molar-refractivity contribution in [2.24, 2.45) is 23.7 Å². The quantitative estimate of drug-likeness (QED) is 0.701. The molecule has 0 unspecified atom stereocenters. The zero-order valence-corrected chi connectivity index (χ0v) is 13.0. The van der Waals surface area contributed by atoms with Crippen LogP contribution in [0.4, 0.5) is 0 Å². The molecule has 3 fully saturated rings. The van der Waals surface area contributed by atoms with E-state index in [1.54, 1.807) is 0 Å². The van der Waals surface area contributed by atoms with Gasteiger partial charge >= 0.3 is 5.97 Å². The van der Waals surface area contributed by atoms with Gasteiger partial charge in [0, 0.05) is 19.6 Å². The van der Waals surface area contributed by atoms with Gasteiger partial charge in [0.2, 0.25) is 5.91 Å². The number of carbonyl (C=O) groups excluding carboxylic acids is 1. The van der Waals surface area contributed by atoms with Gasteiger partial charge < -0.3 is 15.2 Å². The molecule has 3 rings (SSSR count). The second-order valence-electron chi connectivity index (χ2n) is 6.82. The Morgan fingerprint density at radius 3 is 2.50 bits per heavy atom. The molecule has 3 aliphatic rings. The van der Waals surface area contributed by atoms with Crippen LogP contribution >= 0.6 is 0 Å². The normalized spacial score (nSPS) is 34.7. The molecular weight excluding hydrogens is 284 g/mol. The van der Waals surface area contributed by atoms with E-state index in [9.17, 15) is 14.7 Å². The van der Waals surface area contributed by atoms with E-state index in [1.807, 2.05) is 0 Å². The molecule has 6 nitrogen and oxygen atoms in total. The van der Waals surface area contributed by atoms with Crippen molar-refractivity contribution in [3.8, 4) is 0 Å². The summed E-state index contributed by atoms with van der Waals surface area (Å²) in [5, 5.41) is 12.4. The average molecular weight is 310 g/mol. The molecule has 22 heavy (non-hydrogen) atoms. The van der Waals surface area contributed by atoms with Crippen molar-refractivity contribution in [1.29, 1.82) is 0 Å².